The molecule has 0 saturated heterocycles. The average molecular weight is 355 g/mol. The van der Waals surface area contributed by atoms with Crippen LogP contribution in [-0.4, -0.2) is 30.4 Å². The highest BCUT2D eigenvalue weighted by Gasteiger charge is 2.23. The Morgan fingerprint density at radius 1 is 1.04 bits per heavy atom. The first kappa shape index (κ1) is 17.7. The van der Waals surface area contributed by atoms with Gasteiger partial charge < -0.3 is 5.32 Å². The van der Waals surface area contributed by atoms with Crippen LogP contribution in [0.15, 0.2) is 54.6 Å². The highest BCUT2D eigenvalue weighted by molar-refractivity contribution is 6.01. The van der Waals surface area contributed by atoms with Crippen LogP contribution >= 0.6 is 12.4 Å². The third-order valence-corrected chi connectivity index (χ3v) is 4.99. The first-order valence-electron chi connectivity index (χ1n) is 8.67. The normalized spacial score (nSPS) is 16.6. The van der Waals surface area contributed by atoms with E-state index in [4.69, 9.17) is 0 Å². The van der Waals surface area contributed by atoms with Crippen molar-refractivity contribution in [2.24, 2.45) is 0 Å². The van der Waals surface area contributed by atoms with Gasteiger partial charge in [0.2, 0.25) is 5.91 Å². The molecule has 25 heavy (non-hydrogen) atoms. The summed E-state index contributed by atoms with van der Waals surface area (Å²) in [7, 11) is 0. The predicted molar refractivity (Wildman–Crippen MR) is 105 cm³/mol. The maximum Gasteiger partial charge on any atom is 0.228 e. The number of carbonyl (C=O) groups excluding carboxylic acids is 1. The van der Waals surface area contributed by atoms with E-state index in [1.165, 1.54) is 22.3 Å². The SMILES string of the molecule is Cl.O=C1Cc2c(cccc2C2=CCN(CCc3ccccc3)CC2)N1. The van der Waals surface area contributed by atoms with Crippen LogP contribution in [0.25, 0.3) is 5.57 Å². The molecule has 0 atom stereocenters. The molecule has 1 N–H and O–H groups in total. The molecule has 0 fully saturated rings. The molecule has 0 aliphatic carbocycles. The Kier molecular flexibility index (Phi) is 5.57. The number of benzene rings is 2. The van der Waals surface area contributed by atoms with E-state index in [0.717, 1.165) is 38.2 Å². The number of halogens is 1. The fourth-order valence-electron chi connectivity index (χ4n) is 3.64. The number of carbonyl (C=O) groups is 1. The standard InChI is InChI=1S/C21H22N2O.ClH/c24-21-15-19-18(7-4-8-20(19)22-21)17-10-13-23(14-11-17)12-9-16-5-2-1-3-6-16;/h1-8,10H,9,11-15H2,(H,22,24);1H. The van der Waals surface area contributed by atoms with Crippen LogP contribution in [-0.2, 0) is 17.6 Å². The van der Waals surface area contributed by atoms with Crippen molar-refractivity contribution in [3.63, 3.8) is 0 Å². The van der Waals surface area contributed by atoms with Gasteiger partial charge in [-0.05, 0) is 41.2 Å². The van der Waals surface area contributed by atoms with E-state index in [-0.39, 0.29) is 18.3 Å². The van der Waals surface area contributed by atoms with Crippen LogP contribution in [0.1, 0.15) is 23.1 Å². The van der Waals surface area contributed by atoms with E-state index in [2.05, 4.69) is 52.7 Å². The minimum atomic E-state index is 0. The number of amides is 1. The van der Waals surface area contributed by atoms with E-state index in [0.29, 0.717) is 6.42 Å². The molecular weight excluding hydrogens is 332 g/mol. The summed E-state index contributed by atoms with van der Waals surface area (Å²) in [6.45, 7) is 3.18. The van der Waals surface area contributed by atoms with E-state index in [1.807, 2.05) is 12.1 Å². The largest absolute Gasteiger partial charge is 0.326 e. The number of fused-ring (bicyclic) bond motifs is 1. The summed E-state index contributed by atoms with van der Waals surface area (Å²) >= 11 is 0. The van der Waals surface area contributed by atoms with Gasteiger partial charge in [-0.1, -0.05) is 48.5 Å². The second kappa shape index (κ2) is 7.85. The van der Waals surface area contributed by atoms with Gasteiger partial charge in [-0.15, -0.1) is 12.4 Å². The van der Waals surface area contributed by atoms with Crippen molar-refractivity contribution in [2.45, 2.75) is 19.3 Å². The Balaban J connectivity index is 0.00000182. The molecule has 0 unspecified atom stereocenters. The number of hydrogen-bond acceptors (Lipinski definition) is 2. The van der Waals surface area contributed by atoms with E-state index in [9.17, 15) is 4.79 Å². The lowest BCUT2D eigenvalue weighted by Gasteiger charge is -2.27. The maximum atomic E-state index is 11.7. The molecule has 2 aliphatic rings. The van der Waals surface area contributed by atoms with Crippen LogP contribution in [0.3, 0.4) is 0 Å². The Hall–Kier alpha value is -2.10. The third kappa shape index (κ3) is 3.94. The molecule has 0 bridgehead atoms. The fourth-order valence-corrected chi connectivity index (χ4v) is 3.64. The highest BCUT2D eigenvalue weighted by atomic mass is 35.5. The van der Waals surface area contributed by atoms with Crippen molar-refractivity contribution in [1.82, 2.24) is 4.90 Å². The van der Waals surface area contributed by atoms with Crippen molar-refractivity contribution in [2.75, 3.05) is 25.0 Å². The molecule has 0 aromatic heterocycles. The van der Waals surface area contributed by atoms with Gasteiger partial charge in [0.25, 0.3) is 0 Å². The first-order valence-corrected chi connectivity index (χ1v) is 8.67. The van der Waals surface area contributed by atoms with Crippen molar-refractivity contribution in [3.05, 3.63) is 71.3 Å². The third-order valence-electron chi connectivity index (χ3n) is 4.99. The summed E-state index contributed by atoms with van der Waals surface area (Å²) in [6.07, 6.45) is 5.01. The molecule has 0 spiro atoms. The summed E-state index contributed by atoms with van der Waals surface area (Å²) in [4.78, 5) is 14.2. The van der Waals surface area contributed by atoms with Crippen LogP contribution in [0.5, 0.6) is 0 Å². The van der Waals surface area contributed by atoms with Gasteiger partial charge in [0.15, 0.2) is 0 Å². The van der Waals surface area contributed by atoms with E-state index < -0.39 is 0 Å². The fraction of sp³-hybridized carbons (Fsp3) is 0.286. The summed E-state index contributed by atoms with van der Waals surface area (Å²) in [6, 6.07) is 16.9. The summed E-state index contributed by atoms with van der Waals surface area (Å²) < 4.78 is 0. The number of nitrogens with one attached hydrogen (secondary N) is 1. The monoisotopic (exact) mass is 354 g/mol. The summed E-state index contributed by atoms with van der Waals surface area (Å²) in [5, 5.41) is 2.95. The second-order valence-corrected chi connectivity index (χ2v) is 6.57. The maximum absolute atomic E-state index is 11.7. The second-order valence-electron chi connectivity index (χ2n) is 6.57. The molecule has 2 aliphatic heterocycles. The van der Waals surface area contributed by atoms with Crippen molar-refractivity contribution in [3.8, 4) is 0 Å². The lowest BCUT2D eigenvalue weighted by Crippen LogP contribution is -2.30. The highest BCUT2D eigenvalue weighted by Crippen LogP contribution is 2.33. The molecule has 1 amide bonds. The Bertz CT molecular complexity index is 786. The van der Waals surface area contributed by atoms with Crippen LogP contribution < -0.4 is 5.32 Å². The average Bonchev–Trinajstić information content (AvgIpc) is 3.01. The first-order chi connectivity index (χ1) is 11.8. The predicted octanol–water partition coefficient (Wildman–Crippen LogP) is 3.93. The molecular formula is C21H23ClN2O. The molecule has 2 aromatic carbocycles. The molecule has 0 saturated carbocycles. The molecule has 2 heterocycles. The van der Waals surface area contributed by atoms with Gasteiger partial charge in [0.1, 0.15) is 0 Å². The lowest BCUT2D eigenvalue weighted by molar-refractivity contribution is -0.115. The quantitative estimate of drug-likeness (QED) is 0.902. The van der Waals surface area contributed by atoms with Crippen molar-refractivity contribution in [1.29, 1.82) is 0 Å². The minimum absolute atomic E-state index is 0. The Labute approximate surface area is 155 Å². The Morgan fingerprint density at radius 3 is 2.64 bits per heavy atom. The number of rotatable bonds is 4. The zero-order chi connectivity index (χ0) is 16.4. The van der Waals surface area contributed by atoms with Gasteiger partial charge in [-0.3, -0.25) is 9.69 Å². The number of hydrogen-bond donors (Lipinski definition) is 1. The van der Waals surface area contributed by atoms with Crippen LogP contribution in [0.4, 0.5) is 5.69 Å². The molecule has 2 aromatic rings. The molecule has 4 heteroatoms. The van der Waals surface area contributed by atoms with Crippen LogP contribution in [0.2, 0.25) is 0 Å². The van der Waals surface area contributed by atoms with Gasteiger partial charge >= 0.3 is 0 Å². The molecule has 0 radical (unpaired) electrons. The zero-order valence-electron chi connectivity index (χ0n) is 14.2. The van der Waals surface area contributed by atoms with Crippen molar-refractivity contribution < 1.29 is 4.79 Å². The van der Waals surface area contributed by atoms with E-state index in [1.54, 1.807) is 0 Å². The van der Waals surface area contributed by atoms with E-state index >= 15 is 0 Å². The van der Waals surface area contributed by atoms with Gasteiger partial charge in [0, 0.05) is 25.3 Å². The smallest absolute Gasteiger partial charge is 0.228 e. The summed E-state index contributed by atoms with van der Waals surface area (Å²) in [5.74, 6) is 0.110. The van der Waals surface area contributed by atoms with Crippen molar-refractivity contribution >= 4 is 29.6 Å². The topological polar surface area (TPSA) is 32.3 Å². The lowest BCUT2D eigenvalue weighted by atomic mass is 9.93. The van der Waals surface area contributed by atoms with Gasteiger partial charge in [-0.2, -0.15) is 0 Å². The number of nitrogens with zero attached hydrogens (tertiary/aromatic N) is 1. The number of anilines is 1. The van der Waals surface area contributed by atoms with Crippen LogP contribution in [0, 0.1) is 0 Å². The summed E-state index contributed by atoms with van der Waals surface area (Å²) in [5.41, 5.74) is 6.21. The molecule has 130 valence electrons. The molecule has 3 nitrogen and oxygen atoms in total. The Morgan fingerprint density at radius 2 is 1.88 bits per heavy atom. The minimum Gasteiger partial charge on any atom is -0.326 e. The molecule has 4 rings (SSSR count). The zero-order valence-corrected chi connectivity index (χ0v) is 15.0. The van der Waals surface area contributed by atoms with Gasteiger partial charge in [-0.25, -0.2) is 0 Å². The van der Waals surface area contributed by atoms with Gasteiger partial charge in [0.05, 0.1) is 6.42 Å².